The van der Waals surface area contributed by atoms with Gasteiger partial charge in [0.05, 0.1) is 26.4 Å². The highest BCUT2D eigenvalue weighted by Crippen LogP contribution is 2.12. The van der Waals surface area contributed by atoms with Crippen molar-refractivity contribution in [1.82, 2.24) is 0 Å². The number of aliphatic hydroxyl groups is 2. The first-order valence-electron chi connectivity index (χ1n) is 6.39. The van der Waals surface area contributed by atoms with Gasteiger partial charge in [-0.2, -0.15) is 0 Å². The standard InChI is InChI=1S/C6H10O3.C6H14O2.CH4/c1(5-3-8-5)7-2-6-4-9-6;1-2-3-4-5-6(7)8;/h5-6H,1-4H2;6-8H,2-5H2,1H3;1H4. The average molecular weight is 264 g/mol. The predicted molar refractivity (Wildman–Crippen MR) is 69.4 cm³/mol. The van der Waals surface area contributed by atoms with E-state index in [1.54, 1.807) is 0 Å². The van der Waals surface area contributed by atoms with Crippen LogP contribution in [0.4, 0.5) is 0 Å². The smallest absolute Gasteiger partial charge is 0.151 e. The zero-order chi connectivity index (χ0) is 12.5. The van der Waals surface area contributed by atoms with E-state index in [0.717, 1.165) is 45.7 Å². The zero-order valence-corrected chi connectivity index (χ0v) is 10.5. The maximum absolute atomic E-state index is 8.33. The third kappa shape index (κ3) is 12.3. The summed E-state index contributed by atoms with van der Waals surface area (Å²) in [7, 11) is 0. The summed E-state index contributed by atoms with van der Waals surface area (Å²) in [5.41, 5.74) is 0. The van der Waals surface area contributed by atoms with Crippen LogP contribution in [0.3, 0.4) is 0 Å². The molecule has 0 aromatic rings. The molecule has 0 radical (unpaired) electrons. The largest absolute Gasteiger partial charge is 0.376 e. The van der Waals surface area contributed by atoms with Crippen LogP contribution in [-0.2, 0) is 14.2 Å². The lowest BCUT2D eigenvalue weighted by molar-refractivity contribution is -0.0465. The molecule has 0 aliphatic carbocycles. The van der Waals surface area contributed by atoms with Crippen LogP contribution < -0.4 is 0 Å². The normalized spacial score (nSPS) is 24.0. The summed E-state index contributed by atoms with van der Waals surface area (Å²) in [6.07, 6.45) is 3.36. The number of hydrogen-bond acceptors (Lipinski definition) is 5. The van der Waals surface area contributed by atoms with Crippen LogP contribution in [0.5, 0.6) is 0 Å². The topological polar surface area (TPSA) is 74.8 Å². The third-order valence-corrected chi connectivity index (χ3v) is 2.48. The minimum atomic E-state index is -1.10. The Hall–Kier alpha value is -0.200. The van der Waals surface area contributed by atoms with Crippen molar-refractivity contribution in [2.75, 3.05) is 26.4 Å². The first-order chi connectivity index (χ1) is 8.22. The van der Waals surface area contributed by atoms with Gasteiger partial charge in [-0.1, -0.05) is 27.2 Å². The molecule has 0 aromatic carbocycles. The molecular weight excluding hydrogens is 236 g/mol. The monoisotopic (exact) mass is 264 g/mol. The predicted octanol–water partition coefficient (Wildman–Crippen LogP) is 1.31. The first-order valence-corrected chi connectivity index (χ1v) is 6.39. The van der Waals surface area contributed by atoms with Gasteiger partial charge >= 0.3 is 0 Å². The highest BCUT2D eigenvalue weighted by molar-refractivity contribution is 4.71. The Morgan fingerprint density at radius 3 is 1.94 bits per heavy atom. The van der Waals surface area contributed by atoms with Crippen LogP contribution in [0.25, 0.3) is 0 Å². The van der Waals surface area contributed by atoms with Gasteiger partial charge in [-0.15, -0.1) is 0 Å². The van der Waals surface area contributed by atoms with E-state index in [9.17, 15) is 0 Å². The molecule has 2 atom stereocenters. The fourth-order valence-electron chi connectivity index (χ4n) is 1.24. The number of unbranched alkanes of at least 4 members (excludes halogenated alkanes) is 2. The van der Waals surface area contributed by atoms with Crippen LogP contribution >= 0.6 is 0 Å². The van der Waals surface area contributed by atoms with Crippen molar-refractivity contribution in [3.05, 3.63) is 0 Å². The number of epoxide rings is 2. The van der Waals surface area contributed by atoms with Crippen LogP contribution in [0.15, 0.2) is 0 Å². The van der Waals surface area contributed by atoms with E-state index >= 15 is 0 Å². The van der Waals surface area contributed by atoms with E-state index in [4.69, 9.17) is 24.4 Å². The van der Waals surface area contributed by atoms with Gasteiger partial charge in [0.25, 0.3) is 0 Å². The molecule has 2 saturated heterocycles. The quantitative estimate of drug-likeness (QED) is 0.393. The number of ether oxygens (including phenoxy) is 3. The maximum Gasteiger partial charge on any atom is 0.151 e. The molecule has 2 heterocycles. The van der Waals surface area contributed by atoms with Crippen molar-refractivity contribution < 1.29 is 24.4 Å². The van der Waals surface area contributed by atoms with Crippen LogP contribution in [0.1, 0.15) is 40.0 Å². The van der Waals surface area contributed by atoms with Crippen molar-refractivity contribution in [2.24, 2.45) is 0 Å². The third-order valence-electron chi connectivity index (χ3n) is 2.48. The summed E-state index contributed by atoms with van der Waals surface area (Å²) in [6.45, 7) is 5.35. The molecule has 18 heavy (non-hydrogen) atoms. The maximum atomic E-state index is 8.33. The van der Waals surface area contributed by atoms with Crippen LogP contribution in [-0.4, -0.2) is 55.1 Å². The Morgan fingerprint density at radius 1 is 1.11 bits per heavy atom. The van der Waals surface area contributed by atoms with Crippen molar-refractivity contribution in [3.8, 4) is 0 Å². The fourth-order valence-corrected chi connectivity index (χ4v) is 1.24. The molecule has 2 aliphatic heterocycles. The molecule has 2 unspecified atom stereocenters. The Morgan fingerprint density at radius 2 is 1.61 bits per heavy atom. The molecule has 2 rings (SSSR count). The molecule has 0 spiro atoms. The summed E-state index contributed by atoms with van der Waals surface area (Å²) in [4.78, 5) is 0. The van der Waals surface area contributed by atoms with Gasteiger partial charge < -0.3 is 24.4 Å². The Kier molecular flexibility index (Phi) is 10.6. The van der Waals surface area contributed by atoms with Crippen molar-refractivity contribution in [2.45, 2.75) is 58.5 Å². The van der Waals surface area contributed by atoms with Crippen LogP contribution in [0.2, 0.25) is 0 Å². The van der Waals surface area contributed by atoms with Gasteiger partial charge in [0.1, 0.15) is 12.2 Å². The second-order valence-corrected chi connectivity index (χ2v) is 4.42. The van der Waals surface area contributed by atoms with E-state index in [1.165, 1.54) is 0 Å². The van der Waals surface area contributed by atoms with Gasteiger partial charge in [0.2, 0.25) is 0 Å². The van der Waals surface area contributed by atoms with Gasteiger partial charge in [0.15, 0.2) is 6.29 Å². The molecule has 2 aliphatic rings. The highest BCUT2D eigenvalue weighted by Gasteiger charge is 2.26. The van der Waals surface area contributed by atoms with Crippen molar-refractivity contribution >= 4 is 0 Å². The lowest BCUT2D eigenvalue weighted by Crippen LogP contribution is -2.06. The molecule has 5 nitrogen and oxygen atoms in total. The van der Waals surface area contributed by atoms with Gasteiger partial charge in [-0.3, -0.25) is 0 Å². The second kappa shape index (κ2) is 10.7. The zero-order valence-electron chi connectivity index (χ0n) is 10.5. The molecule has 0 amide bonds. The van der Waals surface area contributed by atoms with E-state index in [2.05, 4.69) is 6.92 Å². The van der Waals surface area contributed by atoms with E-state index in [1.807, 2.05) is 0 Å². The lowest BCUT2D eigenvalue weighted by atomic mass is 10.2. The van der Waals surface area contributed by atoms with Crippen molar-refractivity contribution in [1.29, 1.82) is 0 Å². The minimum Gasteiger partial charge on any atom is -0.376 e. The molecule has 0 bridgehead atoms. The molecule has 0 aromatic heterocycles. The summed E-state index contributed by atoms with van der Waals surface area (Å²) in [6, 6.07) is 0. The summed E-state index contributed by atoms with van der Waals surface area (Å²) in [5, 5.41) is 16.7. The summed E-state index contributed by atoms with van der Waals surface area (Å²) < 4.78 is 15.1. The van der Waals surface area contributed by atoms with Gasteiger partial charge in [-0.05, 0) is 12.8 Å². The molecule has 0 saturated carbocycles. The Bertz CT molecular complexity index is 166. The molecule has 5 heteroatoms. The summed E-state index contributed by atoms with van der Waals surface area (Å²) >= 11 is 0. The first kappa shape index (κ1) is 17.8. The van der Waals surface area contributed by atoms with Crippen LogP contribution in [0, 0.1) is 0 Å². The molecule has 110 valence electrons. The van der Waals surface area contributed by atoms with E-state index in [0.29, 0.717) is 18.6 Å². The average Bonchev–Trinajstić information content (AvgIpc) is 3.13. The van der Waals surface area contributed by atoms with E-state index < -0.39 is 6.29 Å². The SMILES string of the molecule is C.C(OCC1CO1)C1CO1.CCCCCC(O)O. The number of hydrogen-bond donors (Lipinski definition) is 2. The van der Waals surface area contributed by atoms with E-state index in [-0.39, 0.29) is 7.43 Å². The number of aliphatic hydroxyl groups excluding tert-OH is 1. The molecular formula is C13H28O5. The highest BCUT2D eigenvalue weighted by atomic mass is 16.6. The lowest BCUT2D eigenvalue weighted by Gasteiger charge is -1.99. The molecule has 2 fully saturated rings. The van der Waals surface area contributed by atoms with Gasteiger partial charge in [-0.25, -0.2) is 0 Å². The Balaban J connectivity index is 0.000000308. The van der Waals surface area contributed by atoms with Crippen molar-refractivity contribution in [3.63, 3.8) is 0 Å². The summed E-state index contributed by atoms with van der Waals surface area (Å²) in [5.74, 6) is 0. The second-order valence-electron chi connectivity index (χ2n) is 4.42. The Labute approximate surface area is 110 Å². The fraction of sp³-hybridized carbons (Fsp3) is 1.00. The minimum absolute atomic E-state index is 0. The van der Waals surface area contributed by atoms with Gasteiger partial charge in [0, 0.05) is 0 Å². The number of rotatable bonds is 8. The molecule has 2 N–H and O–H groups in total.